The molecule has 0 bridgehead atoms. The molecular weight excluding hydrogens is 288 g/mol. The van der Waals surface area contributed by atoms with Gasteiger partial charge in [0.05, 0.1) is 24.3 Å². The lowest BCUT2D eigenvalue weighted by molar-refractivity contribution is 0.0452. The molecule has 0 atom stereocenters. The van der Waals surface area contributed by atoms with Gasteiger partial charge in [-0.25, -0.2) is 9.59 Å². The number of hydrogen-bond donors (Lipinski definition) is 0. The van der Waals surface area contributed by atoms with Crippen LogP contribution in [-0.4, -0.2) is 36.1 Å². The van der Waals surface area contributed by atoms with E-state index in [0.717, 1.165) is 25.7 Å². The topological polar surface area (TPSA) is 116 Å². The first kappa shape index (κ1) is 22.4. The van der Waals surface area contributed by atoms with E-state index in [1.807, 2.05) is 13.8 Å². The molecule has 4 N–H and O–H groups in total. The molecule has 0 aromatic heterocycles. The number of unbranched alkanes of at least 4 members (excludes halogenated alkanes) is 2. The molecule has 0 unspecified atom stereocenters. The number of benzene rings is 1. The Hall–Kier alpha value is -1.92. The lowest BCUT2D eigenvalue weighted by atomic mass is 10.1. The number of ether oxygens (including phenoxy) is 2. The van der Waals surface area contributed by atoms with Crippen molar-refractivity contribution in [3.05, 3.63) is 35.4 Å². The Kier molecular flexibility index (Phi) is 13.0. The Bertz CT molecular complexity index is 403. The third kappa shape index (κ3) is 7.19. The summed E-state index contributed by atoms with van der Waals surface area (Å²) in [4.78, 5) is 23.9. The van der Waals surface area contributed by atoms with Crippen molar-refractivity contribution >= 4 is 11.9 Å². The predicted molar refractivity (Wildman–Crippen MR) is 84.1 cm³/mol. The minimum absolute atomic E-state index is 0. The molecule has 0 aliphatic rings. The molecule has 6 nitrogen and oxygen atoms in total. The number of carbonyl (C=O) groups is 2. The van der Waals surface area contributed by atoms with Crippen molar-refractivity contribution in [3.8, 4) is 0 Å². The van der Waals surface area contributed by atoms with Gasteiger partial charge >= 0.3 is 11.9 Å². The smallest absolute Gasteiger partial charge is 0.339 e. The molecule has 0 saturated carbocycles. The average Bonchev–Trinajstić information content (AvgIpc) is 2.47. The van der Waals surface area contributed by atoms with Gasteiger partial charge in [0.25, 0.3) is 0 Å². The van der Waals surface area contributed by atoms with E-state index in [9.17, 15) is 9.59 Å². The average molecular weight is 314 g/mol. The van der Waals surface area contributed by atoms with Gasteiger partial charge in [0.2, 0.25) is 0 Å². The normalized spacial score (nSPS) is 9.18. The van der Waals surface area contributed by atoms with Crippen LogP contribution >= 0.6 is 0 Å². The second-order valence-electron chi connectivity index (χ2n) is 4.52. The van der Waals surface area contributed by atoms with Crippen molar-refractivity contribution in [2.75, 3.05) is 13.2 Å². The van der Waals surface area contributed by atoms with Crippen LogP contribution < -0.4 is 0 Å². The van der Waals surface area contributed by atoms with Crippen LogP contribution in [0.2, 0.25) is 0 Å². The molecule has 0 spiro atoms. The van der Waals surface area contributed by atoms with Crippen LogP contribution in [0, 0.1) is 0 Å². The van der Waals surface area contributed by atoms with Gasteiger partial charge in [0.15, 0.2) is 0 Å². The van der Waals surface area contributed by atoms with E-state index < -0.39 is 11.9 Å². The van der Waals surface area contributed by atoms with Crippen molar-refractivity contribution in [1.82, 2.24) is 0 Å². The van der Waals surface area contributed by atoms with Gasteiger partial charge in [-0.15, -0.1) is 0 Å². The molecule has 1 aromatic carbocycles. The summed E-state index contributed by atoms with van der Waals surface area (Å²) in [5.74, 6) is -0.942. The Labute approximate surface area is 131 Å². The lowest BCUT2D eigenvalue weighted by Gasteiger charge is -2.09. The molecule has 0 radical (unpaired) electrons. The third-order valence-electron chi connectivity index (χ3n) is 2.83. The number of carbonyl (C=O) groups excluding carboxylic acids is 2. The molecule has 22 heavy (non-hydrogen) atoms. The molecule has 0 aliphatic heterocycles. The molecule has 1 aromatic rings. The number of esters is 2. The first-order valence-corrected chi connectivity index (χ1v) is 7.14. The summed E-state index contributed by atoms with van der Waals surface area (Å²) in [6.45, 7) is 4.78. The largest absolute Gasteiger partial charge is 0.462 e. The Morgan fingerprint density at radius 2 is 1.18 bits per heavy atom. The maximum Gasteiger partial charge on any atom is 0.339 e. The monoisotopic (exact) mass is 314 g/mol. The van der Waals surface area contributed by atoms with Gasteiger partial charge in [-0.1, -0.05) is 38.8 Å². The molecule has 0 aliphatic carbocycles. The van der Waals surface area contributed by atoms with Gasteiger partial charge in [0, 0.05) is 0 Å². The Morgan fingerprint density at radius 3 is 1.50 bits per heavy atom. The van der Waals surface area contributed by atoms with Gasteiger partial charge in [-0.05, 0) is 25.0 Å². The second kappa shape index (κ2) is 12.8. The molecule has 0 amide bonds. The van der Waals surface area contributed by atoms with E-state index in [1.54, 1.807) is 24.3 Å². The molecule has 6 heteroatoms. The summed E-state index contributed by atoms with van der Waals surface area (Å²) in [5, 5.41) is 0. The van der Waals surface area contributed by atoms with Crippen LogP contribution in [0.1, 0.15) is 60.2 Å². The summed E-state index contributed by atoms with van der Waals surface area (Å²) in [7, 11) is 0. The zero-order chi connectivity index (χ0) is 14.8. The lowest BCUT2D eigenvalue weighted by Crippen LogP contribution is -2.14. The minimum Gasteiger partial charge on any atom is -0.462 e. The van der Waals surface area contributed by atoms with E-state index in [-0.39, 0.29) is 22.1 Å². The summed E-state index contributed by atoms with van der Waals surface area (Å²) in [6, 6.07) is 6.59. The fourth-order valence-electron chi connectivity index (χ4n) is 1.61. The van der Waals surface area contributed by atoms with E-state index in [1.165, 1.54) is 0 Å². The van der Waals surface area contributed by atoms with E-state index in [4.69, 9.17) is 9.47 Å². The first-order valence-electron chi connectivity index (χ1n) is 7.14. The summed E-state index contributed by atoms with van der Waals surface area (Å²) in [6.07, 6.45) is 3.53. The highest BCUT2D eigenvalue weighted by molar-refractivity contribution is 6.03. The van der Waals surface area contributed by atoms with Gasteiger partial charge in [-0.2, -0.15) is 0 Å². The number of rotatable bonds is 8. The van der Waals surface area contributed by atoms with E-state index in [0.29, 0.717) is 13.2 Å². The molecule has 0 heterocycles. The fraction of sp³-hybridized carbons (Fsp3) is 0.500. The minimum atomic E-state index is -0.471. The molecule has 126 valence electrons. The second-order valence-corrected chi connectivity index (χ2v) is 4.52. The van der Waals surface area contributed by atoms with Gasteiger partial charge < -0.3 is 20.4 Å². The standard InChI is InChI=1S/C16H22O4.2H2O/c1-3-5-11-19-15(17)13-9-7-8-10-14(13)16(18)20-12-6-4-2;;/h7-10H,3-6,11-12H2,1-2H3;2*1H2. The van der Waals surface area contributed by atoms with Crippen LogP contribution in [-0.2, 0) is 9.47 Å². The Morgan fingerprint density at radius 1 is 0.818 bits per heavy atom. The maximum absolute atomic E-state index is 11.9. The van der Waals surface area contributed by atoms with Crippen LogP contribution in [0.5, 0.6) is 0 Å². The van der Waals surface area contributed by atoms with Crippen molar-refractivity contribution in [1.29, 1.82) is 0 Å². The van der Waals surface area contributed by atoms with Crippen molar-refractivity contribution in [3.63, 3.8) is 0 Å². The summed E-state index contributed by atoms with van der Waals surface area (Å²) < 4.78 is 10.3. The zero-order valence-electron chi connectivity index (χ0n) is 13.2. The van der Waals surface area contributed by atoms with Crippen molar-refractivity contribution in [2.24, 2.45) is 0 Å². The highest BCUT2D eigenvalue weighted by Gasteiger charge is 2.18. The highest BCUT2D eigenvalue weighted by Crippen LogP contribution is 2.12. The summed E-state index contributed by atoms with van der Waals surface area (Å²) in [5.41, 5.74) is 0.537. The Balaban J connectivity index is 0. The predicted octanol–water partition coefficient (Wildman–Crippen LogP) is 1.95. The van der Waals surface area contributed by atoms with Crippen LogP contribution in [0.3, 0.4) is 0 Å². The number of hydrogen-bond acceptors (Lipinski definition) is 4. The van der Waals surface area contributed by atoms with Crippen LogP contribution in [0.4, 0.5) is 0 Å². The fourth-order valence-corrected chi connectivity index (χ4v) is 1.61. The van der Waals surface area contributed by atoms with Gasteiger partial charge in [0.1, 0.15) is 0 Å². The molecule has 0 saturated heterocycles. The zero-order valence-corrected chi connectivity index (χ0v) is 13.2. The SMILES string of the molecule is CCCCOC(=O)c1ccccc1C(=O)OCCCC.O.O. The first-order chi connectivity index (χ1) is 9.70. The molecular formula is C16H26O6. The van der Waals surface area contributed by atoms with Crippen molar-refractivity contribution in [2.45, 2.75) is 39.5 Å². The van der Waals surface area contributed by atoms with E-state index >= 15 is 0 Å². The quantitative estimate of drug-likeness (QED) is 0.538. The van der Waals surface area contributed by atoms with Crippen molar-refractivity contribution < 1.29 is 30.0 Å². The van der Waals surface area contributed by atoms with E-state index in [2.05, 4.69) is 0 Å². The third-order valence-corrected chi connectivity index (χ3v) is 2.83. The van der Waals surface area contributed by atoms with Crippen LogP contribution in [0.15, 0.2) is 24.3 Å². The maximum atomic E-state index is 11.9. The molecule has 1 rings (SSSR count). The van der Waals surface area contributed by atoms with Gasteiger partial charge in [-0.3, -0.25) is 0 Å². The highest BCUT2D eigenvalue weighted by atomic mass is 16.5. The van der Waals surface area contributed by atoms with Crippen LogP contribution in [0.25, 0.3) is 0 Å². The summed E-state index contributed by atoms with van der Waals surface area (Å²) >= 11 is 0. The molecule has 0 fully saturated rings.